The van der Waals surface area contributed by atoms with Gasteiger partial charge >= 0.3 is 5.97 Å². The summed E-state index contributed by atoms with van der Waals surface area (Å²) in [4.78, 5) is 22.6. The normalized spacial score (nSPS) is 12.3. The molecule has 0 bridgehead atoms. The molecule has 0 aliphatic carbocycles. The van der Waals surface area contributed by atoms with Crippen molar-refractivity contribution in [2.75, 3.05) is 6.54 Å². The highest BCUT2D eigenvalue weighted by atomic mass is 19.2. The molecule has 6 heteroatoms. The smallest absolute Gasteiger partial charge is 0.308 e. The number of benzene rings is 1. The van der Waals surface area contributed by atoms with Crippen LogP contribution in [-0.4, -0.2) is 23.5 Å². The van der Waals surface area contributed by atoms with Gasteiger partial charge in [-0.3, -0.25) is 9.59 Å². The Labute approximate surface area is 109 Å². The molecule has 0 saturated heterocycles. The third-order valence-corrected chi connectivity index (χ3v) is 2.80. The maximum Gasteiger partial charge on any atom is 0.308 e. The second-order valence-corrected chi connectivity index (χ2v) is 4.50. The summed E-state index contributed by atoms with van der Waals surface area (Å²) in [5.41, 5.74) is -0.437. The van der Waals surface area contributed by atoms with E-state index in [1.165, 1.54) is 6.07 Å². The molecule has 0 aliphatic rings. The summed E-state index contributed by atoms with van der Waals surface area (Å²) < 4.78 is 26.3. The lowest BCUT2D eigenvalue weighted by atomic mass is 9.96. The number of rotatable bonds is 5. The van der Waals surface area contributed by atoms with E-state index in [1.54, 1.807) is 13.8 Å². The van der Waals surface area contributed by atoms with Gasteiger partial charge in [-0.05, 0) is 18.1 Å². The van der Waals surface area contributed by atoms with E-state index in [0.29, 0.717) is 0 Å². The maximum absolute atomic E-state index is 13.3. The molecular formula is C13H15F2NO3. The fraction of sp³-hybridized carbons (Fsp3) is 0.385. The first-order valence-electron chi connectivity index (χ1n) is 5.79. The molecule has 1 aromatic carbocycles. The molecule has 4 nitrogen and oxygen atoms in total. The first kappa shape index (κ1) is 15.1. The van der Waals surface area contributed by atoms with Crippen LogP contribution in [0.2, 0.25) is 0 Å². The Morgan fingerprint density at radius 1 is 1.32 bits per heavy atom. The van der Waals surface area contributed by atoms with E-state index in [4.69, 9.17) is 5.11 Å². The Morgan fingerprint density at radius 3 is 2.47 bits per heavy atom. The first-order valence-corrected chi connectivity index (χ1v) is 5.79. The van der Waals surface area contributed by atoms with Gasteiger partial charge in [-0.25, -0.2) is 8.78 Å². The molecule has 0 radical (unpaired) electrons. The highest BCUT2D eigenvalue weighted by molar-refractivity contribution is 5.94. The van der Waals surface area contributed by atoms with Gasteiger partial charge in [-0.15, -0.1) is 0 Å². The van der Waals surface area contributed by atoms with Crippen molar-refractivity contribution in [3.8, 4) is 0 Å². The molecule has 1 aromatic rings. The summed E-state index contributed by atoms with van der Waals surface area (Å²) in [6.07, 6.45) is 0. The van der Waals surface area contributed by atoms with E-state index in [0.717, 1.165) is 12.1 Å². The molecule has 0 heterocycles. The lowest BCUT2D eigenvalue weighted by Crippen LogP contribution is -2.36. The zero-order valence-electron chi connectivity index (χ0n) is 10.6. The van der Waals surface area contributed by atoms with Crippen LogP contribution < -0.4 is 5.32 Å². The van der Waals surface area contributed by atoms with Crippen molar-refractivity contribution in [2.45, 2.75) is 13.8 Å². The Morgan fingerprint density at radius 2 is 1.95 bits per heavy atom. The molecule has 1 amide bonds. The van der Waals surface area contributed by atoms with Crippen molar-refractivity contribution in [1.82, 2.24) is 5.32 Å². The number of nitrogens with one attached hydrogen (secondary N) is 1. The number of carbonyl (C=O) groups excluding carboxylic acids is 1. The average Bonchev–Trinajstić information content (AvgIpc) is 2.31. The van der Waals surface area contributed by atoms with Gasteiger partial charge < -0.3 is 10.4 Å². The number of aliphatic carboxylic acids is 1. The standard InChI is InChI=1S/C13H15F2NO3/c1-7(2)9(13(18)19)6-16-12(17)8-4-3-5-10(14)11(8)15/h3-5,7,9H,6H2,1-2H3,(H,16,17)(H,18,19). The minimum atomic E-state index is -1.24. The van der Waals surface area contributed by atoms with Crippen LogP contribution in [0.1, 0.15) is 24.2 Å². The van der Waals surface area contributed by atoms with Crippen molar-refractivity contribution >= 4 is 11.9 Å². The van der Waals surface area contributed by atoms with Gasteiger partial charge in [0.25, 0.3) is 5.91 Å². The van der Waals surface area contributed by atoms with Gasteiger partial charge in [0.15, 0.2) is 11.6 Å². The molecule has 1 atom stereocenters. The number of hydrogen-bond donors (Lipinski definition) is 2. The molecule has 0 aliphatic heterocycles. The van der Waals surface area contributed by atoms with E-state index in [1.807, 2.05) is 0 Å². The molecule has 0 saturated carbocycles. The van der Waals surface area contributed by atoms with E-state index in [2.05, 4.69) is 5.32 Å². The van der Waals surface area contributed by atoms with Gasteiger partial charge in [-0.1, -0.05) is 19.9 Å². The van der Waals surface area contributed by atoms with Crippen LogP contribution in [0.5, 0.6) is 0 Å². The quantitative estimate of drug-likeness (QED) is 0.861. The number of carbonyl (C=O) groups is 2. The Hall–Kier alpha value is -1.98. The van der Waals surface area contributed by atoms with Gasteiger partial charge in [-0.2, -0.15) is 0 Å². The summed E-state index contributed by atoms with van der Waals surface area (Å²) in [5.74, 6) is -5.20. The first-order chi connectivity index (χ1) is 8.84. The molecule has 104 valence electrons. The molecular weight excluding hydrogens is 256 g/mol. The Bertz CT molecular complexity index is 489. The van der Waals surface area contributed by atoms with Crippen LogP contribution in [0.25, 0.3) is 0 Å². The average molecular weight is 271 g/mol. The fourth-order valence-electron chi connectivity index (χ4n) is 1.59. The van der Waals surface area contributed by atoms with E-state index >= 15 is 0 Å². The number of carboxylic acid groups (broad SMARTS) is 1. The third kappa shape index (κ3) is 3.74. The molecule has 2 N–H and O–H groups in total. The summed E-state index contributed by atoms with van der Waals surface area (Å²) in [6.45, 7) is 3.27. The van der Waals surface area contributed by atoms with Crippen molar-refractivity contribution in [3.05, 3.63) is 35.4 Å². The van der Waals surface area contributed by atoms with E-state index in [9.17, 15) is 18.4 Å². The van der Waals surface area contributed by atoms with E-state index < -0.39 is 35.0 Å². The summed E-state index contributed by atoms with van der Waals surface area (Å²) >= 11 is 0. The van der Waals surface area contributed by atoms with Crippen molar-refractivity contribution in [3.63, 3.8) is 0 Å². The monoisotopic (exact) mass is 271 g/mol. The zero-order valence-corrected chi connectivity index (χ0v) is 10.6. The maximum atomic E-state index is 13.3. The van der Waals surface area contributed by atoms with Gasteiger partial charge in [0.1, 0.15) is 0 Å². The minimum absolute atomic E-state index is 0.137. The number of hydrogen-bond acceptors (Lipinski definition) is 2. The van der Waals surface area contributed by atoms with Gasteiger partial charge in [0.05, 0.1) is 11.5 Å². The van der Waals surface area contributed by atoms with Crippen LogP contribution in [0.15, 0.2) is 18.2 Å². The largest absolute Gasteiger partial charge is 0.481 e. The van der Waals surface area contributed by atoms with Crippen molar-refractivity contribution < 1.29 is 23.5 Å². The molecule has 19 heavy (non-hydrogen) atoms. The van der Waals surface area contributed by atoms with Crippen molar-refractivity contribution in [1.29, 1.82) is 0 Å². The van der Waals surface area contributed by atoms with Gasteiger partial charge in [0.2, 0.25) is 0 Å². The van der Waals surface area contributed by atoms with Crippen LogP contribution >= 0.6 is 0 Å². The Kier molecular flexibility index (Phi) is 4.97. The summed E-state index contributed by atoms with van der Waals surface area (Å²) in [7, 11) is 0. The number of carboxylic acids is 1. The molecule has 1 unspecified atom stereocenters. The Balaban J connectivity index is 2.75. The number of halogens is 2. The summed E-state index contributed by atoms with van der Waals surface area (Å²) in [5, 5.41) is 11.2. The van der Waals surface area contributed by atoms with Crippen LogP contribution in [-0.2, 0) is 4.79 Å². The second kappa shape index (κ2) is 6.26. The van der Waals surface area contributed by atoms with Crippen molar-refractivity contribution in [2.24, 2.45) is 11.8 Å². The highest BCUT2D eigenvalue weighted by Crippen LogP contribution is 2.13. The SMILES string of the molecule is CC(C)C(CNC(=O)c1cccc(F)c1F)C(=O)O. The minimum Gasteiger partial charge on any atom is -0.481 e. The lowest BCUT2D eigenvalue weighted by molar-refractivity contribution is -0.142. The number of amides is 1. The molecule has 0 fully saturated rings. The van der Waals surface area contributed by atoms with Crippen LogP contribution in [0, 0.1) is 23.5 Å². The lowest BCUT2D eigenvalue weighted by Gasteiger charge is -2.16. The second-order valence-electron chi connectivity index (χ2n) is 4.50. The molecule has 1 rings (SSSR count). The third-order valence-electron chi connectivity index (χ3n) is 2.80. The zero-order chi connectivity index (χ0) is 14.6. The molecule has 0 aromatic heterocycles. The molecule has 0 spiro atoms. The topological polar surface area (TPSA) is 66.4 Å². The predicted molar refractivity (Wildman–Crippen MR) is 64.7 cm³/mol. The van der Waals surface area contributed by atoms with Crippen LogP contribution in [0.4, 0.5) is 8.78 Å². The fourth-order valence-corrected chi connectivity index (χ4v) is 1.59. The van der Waals surface area contributed by atoms with Crippen LogP contribution in [0.3, 0.4) is 0 Å². The van der Waals surface area contributed by atoms with Gasteiger partial charge in [0, 0.05) is 6.54 Å². The predicted octanol–water partition coefficient (Wildman–Crippen LogP) is 2.05. The highest BCUT2D eigenvalue weighted by Gasteiger charge is 2.23. The van der Waals surface area contributed by atoms with E-state index in [-0.39, 0.29) is 12.5 Å². The summed E-state index contributed by atoms with van der Waals surface area (Å²) in [6, 6.07) is 3.25.